The molecule has 5 nitrogen and oxygen atoms in total. The van der Waals surface area contributed by atoms with E-state index in [0.29, 0.717) is 24.3 Å². The SMILES string of the molecule is CCN(Cc1ccccc1C)C(=O)c1ccc(NC(=O)c2ccco2)cc1. The van der Waals surface area contributed by atoms with E-state index in [1.165, 1.54) is 11.8 Å². The number of hydrogen-bond donors (Lipinski definition) is 1. The number of carbonyl (C=O) groups is 2. The molecule has 5 heteroatoms. The first kappa shape index (κ1) is 18.5. The molecule has 0 unspecified atom stereocenters. The monoisotopic (exact) mass is 362 g/mol. The molecule has 1 heterocycles. The van der Waals surface area contributed by atoms with Crippen LogP contribution in [0.3, 0.4) is 0 Å². The van der Waals surface area contributed by atoms with E-state index in [1.807, 2.05) is 38.1 Å². The van der Waals surface area contributed by atoms with E-state index in [4.69, 9.17) is 4.42 Å². The van der Waals surface area contributed by atoms with Gasteiger partial charge in [0.2, 0.25) is 0 Å². The van der Waals surface area contributed by atoms with E-state index >= 15 is 0 Å². The van der Waals surface area contributed by atoms with Gasteiger partial charge in [0.25, 0.3) is 11.8 Å². The fourth-order valence-electron chi connectivity index (χ4n) is 2.80. The molecule has 0 radical (unpaired) electrons. The number of nitrogens with one attached hydrogen (secondary N) is 1. The van der Waals surface area contributed by atoms with Gasteiger partial charge in [-0.15, -0.1) is 0 Å². The number of amides is 2. The standard InChI is InChI=1S/C22H22N2O3/c1-3-24(15-18-8-5-4-7-16(18)2)22(26)17-10-12-19(13-11-17)23-21(25)20-9-6-14-27-20/h4-14H,3,15H2,1-2H3,(H,23,25). The minimum atomic E-state index is -0.325. The lowest BCUT2D eigenvalue weighted by Crippen LogP contribution is -2.30. The van der Waals surface area contributed by atoms with Crippen LogP contribution < -0.4 is 5.32 Å². The molecule has 0 bridgehead atoms. The Morgan fingerprint density at radius 2 is 1.74 bits per heavy atom. The van der Waals surface area contributed by atoms with Crippen LogP contribution in [-0.2, 0) is 6.54 Å². The van der Waals surface area contributed by atoms with Crippen molar-refractivity contribution in [1.82, 2.24) is 4.90 Å². The summed E-state index contributed by atoms with van der Waals surface area (Å²) in [6, 6.07) is 18.2. The van der Waals surface area contributed by atoms with Gasteiger partial charge >= 0.3 is 0 Å². The summed E-state index contributed by atoms with van der Waals surface area (Å²) in [5.74, 6) is -0.121. The van der Waals surface area contributed by atoms with E-state index < -0.39 is 0 Å². The summed E-state index contributed by atoms with van der Waals surface area (Å²) in [5.41, 5.74) is 3.49. The van der Waals surface area contributed by atoms with Gasteiger partial charge in [-0.3, -0.25) is 9.59 Å². The van der Waals surface area contributed by atoms with Crippen molar-refractivity contribution in [2.75, 3.05) is 11.9 Å². The summed E-state index contributed by atoms with van der Waals surface area (Å²) in [6.45, 7) is 5.20. The third-order valence-electron chi connectivity index (χ3n) is 4.43. The van der Waals surface area contributed by atoms with Crippen molar-refractivity contribution >= 4 is 17.5 Å². The highest BCUT2D eigenvalue weighted by Crippen LogP contribution is 2.16. The molecular formula is C22H22N2O3. The molecule has 0 aliphatic rings. The van der Waals surface area contributed by atoms with Crippen molar-refractivity contribution in [3.63, 3.8) is 0 Å². The van der Waals surface area contributed by atoms with Gasteiger partial charge in [-0.2, -0.15) is 0 Å². The molecule has 2 amide bonds. The Labute approximate surface area is 158 Å². The van der Waals surface area contributed by atoms with E-state index in [-0.39, 0.29) is 17.6 Å². The van der Waals surface area contributed by atoms with Crippen LogP contribution in [0.5, 0.6) is 0 Å². The van der Waals surface area contributed by atoms with Crippen LogP contribution in [0.2, 0.25) is 0 Å². The van der Waals surface area contributed by atoms with E-state index in [1.54, 1.807) is 41.3 Å². The second-order valence-corrected chi connectivity index (χ2v) is 6.25. The highest BCUT2D eigenvalue weighted by molar-refractivity contribution is 6.02. The Morgan fingerprint density at radius 1 is 1.00 bits per heavy atom. The maximum Gasteiger partial charge on any atom is 0.291 e. The van der Waals surface area contributed by atoms with Crippen LogP contribution in [0.25, 0.3) is 0 Å². The first-order chi connectivity index (χ1) is 13.1. The number of anilines is 1. The lowest BCUT2D eigenvalue weighted by Gasteiger charge is -2.22. The number of benzene rings is 2. The number of hydrogen-bond acceptors (Lipinski definition) is 3. The van der Waals surface area contributed by atoms with Crippen LogP contribution in [0.4, 0.5) is 5.69 Å². The molecular weight excluding hydrogens is 340 g/mol. The van der Waals surface area contributed by atoms with E-state index in [0.717, 1.165) is 5.56 Å². The van der Waals surface area contributed by atoms with Crippen LogP contribution in [0.1, 0.15) is 39.0 Å². The van der Waals surface area contributed by atoms with Crippen molar-refractivity contribution in [3.05, 3.63) is 89.4 Å². The highest BCUT2D eigenvalue weighted by Gasteiger charge is 2.16. The Kier molecular flexibility index (Phi) is 5.71. The van der Waals surface area contributed by atoms with Gasteiger partial charge < -0.3 is 14.6 Å². The first-order valence-corrected chi connectivity index (χ1v) is 8.87. The van der Waals surface area contributed by atoms with Gasteiger partial charge in [0, 0.05) is 24.3 Å². The van der Waals surface area contributed by atoms with Crippen LogP contribution >= 0.6 is 0 Å². The normalized spacial score (nSPS) is 10.4. The molecule has 0 aliphatic carbocycles. The Hall–Kier alpha value is -3.34. The van der Waals surface area contributed by atoms with Crippen molar-refractivity contribution in [2.24, 2.45) is 0 Å². The average Bonchev–Trinajstić information content (AvgIpc) is 3.22. The molecule has 0 spiro atoms. The molecule has 0 saturated carbocycles. The third-order valence-corrected chi connectivity index (χ3v) is 4.43. The second-order valence-electron chi connectivity index (χ2n) is 6.25. The summed E-state index contributed by atoms with van der Waals surface area (Å²) < 4.78 is 5.07. The molecule has 27 heavy (non-hydrogen) atoms. The quantitative estimate of drug-likeness (QED) is 0.702. The maximum atomic E-state index is 12.8. The Balaban J connectivity index is 1.68. The van der Waals surface area contributed by atoms with Gasteiger partial charge in [-0.1, -0.05) is 24.3 Å². The largest absolute Gasteiger partial charge is 0.459 e. The number of furan rings is 1. The van der Waals surface area contributed by atoms with Crippen molar-refractivity contribution in [2.45, 2.75) is 20.4 Å². The van der Waals surface area contributed by atoms with Crippen LogP contribution in [0.15, 0.2) is 71.3 Å². The maximum absolute atomic E-state index is 12.8. The number of nitrogens with zero attached hydrogens (tertiary/aromatic N) is 1. The van der Waals surface area contributed by atoms with Gasteiger partial charge in [-0.25, -0.2) is 0 Å². The summed E-state index contributed by atoms with van der Waals surface area (Å²) in [4.78, 5) is 26.6. The Morgan fingerprint density at radius 3 is 2.37 bits per heavy atom. The molecule has 3 aromatic rings. The number of rotatable bonds is 6. The minimum Gasteiger partial charge on any atom is -0.459 e. The molecule has 0 atom stereocenters. The Bertz CT molecular complexity index is 915. The van der Waals surface area contributed by atoms with Crippen molar-refractivity contribution in [1.29, 1.82) is 0 Å². The first-order valence-electron chi connectivity index (χ1n) is 8.87. The molecule has 138 valence electrons. The topological polar surface area (TPSA) is 62.6 Å². The fourth-order valence-corrected chi connectivity index (χ4v) is 2.80. The average molecular weight is 362 g/mol. The second kappa shape index (κ2) is 8.36. The molecule has 1 aromatic heterocycles. The molecule has 0 fully saturated rings. The summed E-state index contributed by atoms with van der Waals surface area (Å²) in [5, 5.41) is 2.74. The predicted molar refractivity (Wildman–Crippen MR) is 105 cm³/mol. The van der Waals surface area contributed by atoms with E-state index in [9.17, 15) is 9.59 Å². The molecule has 2 aromatic carbocycles. The fraction of sp³-hybridized carbons (Fsp3) is 0.182. The summed E-state index contributed by atoms with van der Waals surface area (Å²) in [7, 11) is 0. The molecule has 0 aliphatic heterocycles. The van der Waals surface area contributed by atoms with Gasteiger partial charge in [0.15, 0.2) is 5.76 Å². The third kappa shape index (κ3) is 4.44. The van der Waals surface area contributed by atoms with Gasteiger partial charge in [0.1, 0.15) is 0 Å². The highest BCUT2D eigenvalue weighted by atomic mass is 16.3. The lowest BCUT2D eigenvalue weighted by atomic mass is 10.1. The van der Waals surface area contributed by atoms with Gasteiger partial charge in [0.05, 0.1) is 6.26 Å². The molecule has 1 N–H and O–H groups in total. The molecule has 0 saturated heterocycles. The lowest BCUT2D eigenvalue weighted by molar-refractivity contribution is 0.0752. The predicted octanol–water partition coefficient (Wildman–Crippen LogP) is 4.50. The summed E-state index contributed by atoms with van der Waals surface area (Å²) >= 11 is 0. The van der Waals surface area contributed by atoms with Crippen LogP contribution in [0, 0.1) is 6.92 Å². The van der Waals surface area contributed by atoms with Gasteiger partial charge in [-0.05, 0) is 61.4 Å². The van der Waals surface area contributed by atoms with Crippen molar-refractivity contribution in [3.8, 4) is 0 Å². The summed E-state index contributed by atoms with van der Waals surface area (Å²) in [6.07, 6.45) is 1.45. The number of carbonyl (C=O) groups excluding carboxylic acids is 2. The van der Waals surface area contributed by atoms with Crippen molar-refractivity contribution < 1.29 is 14.0 Å². The number of aryl methyl sites for hydroxylation is 1. The molecule has 3 rings (SSSR count). The van der Waals surface area contributed by atoms with E-state index in [2.05, 4.69) is 5.32 Å². The zero-order valence-corrected chi connectivity index (χ0v) is 15.4. The zero-order chi connectivity index (χ0) is 19.2. The zero-order valence-electron chi connectivity index (χ0n) is 15.4. The van der Waals surface area contributed by atoms with Crippen LogP contribution in [-0.4, -0.2) is 23.3 Å². The smallest absolute Gasteiger partial charge is 0.291 e. The minimum absolute atomic E-state index is 0.0373.